The van der Waals surface area contributed by atoms with Crippen molar-refractivity contribution in [2.45, 2.75) is 37.2 Å². The van der Waals surface area contributed by atoms with E-state index in [0.29, 0.717) is 21.7 Å². The van der Waals surface area contributed by atoms with E-state index >= 15 is 0 Å². The normalized spacial score (nSPS) is 13.0. The van der Waals surface area contributed by atoms with Crippen LogP contribution < -0.4 is 10.9 Å². The summed E-state index contributed by atoms with van der Waals surface area (Å²) in [6.45, 7) is 5.60. The predicted molar refractivity (Wildman–Crippen MR) is 130 cm³/mol. The zero-order chi connectivity index (χ0) is 23.5. The summed E-state index contributed by atoms with van der Waals surface area (Å²) in [7, 11) is 0. The van der Waals surface area contributed by atoms with Gasteiger partial charge in [-0.1, -0.05) is 53.7 Å². The zero-order valence-corrected chi connectivity index (χ0v) is 19.4. The van der Waals surface area contributed by atoms with Gasteiger partial charge in [0.2, 0.25) is 5.91 Å². The fraction of sp³-hybridized carbons (Fsp3) is 0.192. The fourth-order valence-electron chi connectivity index (χ4n) is 3.49. The molecule has 0 radical (unpaired) electrons. The first-order valence-electron chi connectivity index (χ1n) is 10.6. The zero-order valence-electron chi connectivity index (χ0n) is 18.6. The van der Waals surface area contributed by atoms with Crippen LogP contribution in [0, 0.1) is 12.7 Å². The predicted octanol–water partition coefficient (Wildman–Crippen LogP) is 5.19. The van der Waals surface area contributed by atoms with Gasteiger partial charge in [-0.15, -0.1) is 0 Å². The Morgan fingerprint density at radius 3 is 2.36 bits per heavy atom. The van der Waals surface area contributed by atoms with Gasteiger partial charge in [0.15, 0.2) is 5.16 Å². The number of carbonyl (C=O) groups excluding carboxylic acids is 1. The van der Waals surface area contributed by atoms with Crippen LogP contribution in [0.4, 0.5) is 4.39 Å². The number of nitrogens with zero attached hydrogens (tertiary/aromatic N) is 2. The average molecular weight is 462 g/mol. The smallest absolute Gasteiger partial charge is 0.266 e. The summed E-state index contributed by atoms with van der Waals surface area (Å²) in [5.41, 5.74) is 2.98. The number of nitrogens with one attached hydrogen (secondary N) is 1. The van der Waals surface area contributed by atoms with Crippen LogP contribution in [0.15, 0.2) is 82.7 Å². The Hall–Kier alpha value is -3.45. The third-order valence-corrected chi connectivity index (χ3v) is 6.47. The molecule has 0 spiro atoms. The summed E-state index contributed by atoms with van der Waals surface area (Å²) >= 11 is 1.23. The molecule has 2 unspecified atom stereocenters. The first-order chi connectivity index (χ1) is 15.8. The molecular formula is C26H24FN3O2S. The molecular weight excluding hydrogens is 437 g/mol. The second kappa shape index (κ2) is 9.58. The van der Waals surface area contributed by atoms with Crippen molar-refractivity contribution < 1.29 is 9.18 Å². The molecule has 5 nitrogen and oxygen atoms in total. The highest BCUT2D eigenvalue weighted by Crippen LogP contribution is 2.26. The molecule has 1 N–H and O–H groups in total. The maximum absolute atomic E-state index is 13.4. The number of fused-ring (bicyclic) bond motifs is 1. The molecule has 0 aliphatic carbocycles. The van der Waals surface area contributed by atoms with E-state index in [-0.39, 0.29) is 23.3 Å². The van der Waals surface area contributed by atoms with Crippen LogP contribution in [-0.4, -0.2) is 20.7 Å². The Morgan fingerprint density at radius 1 is 1.00 bits per heavy atom. The van der Waals surface area contributed by atoms with Crippen LogP contribution in [0.2, 0.25) is 0 Å². The minimum atomic E-state index is -0.516. The first kappa shape index (κ1) is 22.7. The standard InChI is InChI=1S/C26H24FN3O2S/c1-16-8-14-21(15-9-16)30-25(32)22-6-4-5-7-23(22)29-26(30)33-18(3)24(31)28-17(2)19-10-12-20(27)13-11-19/h4-15,17-18H,1-3H3,(H,28,31). The van der Waals surface area contributed by atoms with Crippen LogP contribution >= 0.6 is 11.8 Å². The molecule has 1 amide bonds. The molecule has 0 aliphatic rings. The number of hydrogen-bond acceptors (Lipinski definition) is 4. The van der Waals surface area contributed by atoms with Gasteiger partial charge >= 0.3 is 0 Å². The number of benzene rings is 3. The van der Waals surface area contributed by atoms with Crippen molar-refractivity contribution in [2.75, 3.05) is 0 Å². The summed E-state index contributed by atoms with van der Waals surface area (Å²) < 4.78 is 14.8. The number of amides is 1. The molecule has 0 aliphatic heterocycles. The lowest BCUT2D eigenvalue weighted by Gasteiger charge is -2.19. The lowest BCUT2D eigenvalue weighted by molar-refractivity contribution is -0.120. The molecule has 4 rings (SSSR count). The van der Waals surface area contributed by atoms with Crippen LogP contribution in [-0.2, 0) is 4.79 Å². The molecule has 3 aromatic carbocycles. The molecule has 1 aromatic heterocycles. The van der Waals surface area contributed by atoms with Crippen LogP contribution in [0.1, 0.15) is 31.0 Å². The number of para-hydroxylation sites is 1. The van der Waals surface area contributed by atoms with Gasteiger partial charge < -0.3 is 5.32 Å². The van der Waals surface area contributed by atoms with Gasteiger partial charge in [0, 0.05) is 0 Å². The van der Waals surface area contributed by atoms with E-state index in [9.17, 15) is 14.0 Å². The van der Waals surface area contributed by atoms with Crippen molar-refractivity contribution in [1.82, 2.24) is 14.9 Å². The van der Waals surface area contributed by atoms with Crippen molar-refractivity contribution in [3.63, 3.8) is 0 Å². The van der Waals surface area contributed by atoms with E-state index in [0.717, 1.165) is 11.1 Å². The maximum Gasteiger partial charge on any atom is 0.266 e. The number of carbonyl (C=O) groups is 1. The molecule has 33 heavy (non-hydrogen) atoms. The summed E-state index contributed by atoms with van der Waals surface area (Å²) in [6, 6.07) is 20.6. The molecule has 0 saturated carbocycles. The van der Waals surface area contributed by atoms with Gasteiger partial charge in [-0.05, 0) is 62.7 Å². The second-order valence-corrected chi connectivity index (χ2v) is 9.24. The van der Waals surface area contributed by atoms with Crippen LogP contribution in [0.25, 0.3) is 16.6 Å². The third kappa shape index (κ3) is 4.98. The number of aromatic nitrogens is 2. The quantitative estimate of drug-likeness (QED) is 0.317. The number of thioether (sulfide) groups is 1. The van der Waals surface area contributed by atoms with E-state index in [1.165, 1.54) is 23.9 Å². The lowest BCUT2D eigenvalue weighted by atomic mass is 10.1. The van der Waals surface area contributed by atoms with Gasteiger partial charge in [-0.3, -0.25) is 14.2 Å². The second-order valence-electron chi connectivity index (χ2n) is 7.93. The van der Waals surface area contributed by atoms with Gasteiger partial charge in [0.1, 0.15) is 5.82 Å². The van der Waals surface area contributed by atoms with Crippen molar-refractivity contribution in [3.8, 4) is 5.69 Å². The number of hydrogen-bond donors (Lipinski definition) is 1. The van der Waals surface area contributed by atoms with E-state index in [1.807, 2.05) is 50.2 Å². The Labute approximate surface area is 195 Å². The average Bonchev–Trinajstić information content (AvgIpc) is 2.80. The Kier molecular flexibility index (Phi) is 6.60. The maximum atomic E-state index is 13.4. The molecule has 0 fully saturated rings. The molecule has 1 heterocycles. The van der Waals surface area contributed by atoms with E-state index in [2.05, 4.69) is 5.32 Å². The van der Waals surface area contributed by atoms with Crippen molar-refractivity contribution in [2.24, 2.45) is 0 Å². The summed E-state index contributed by atoms with van der Waals surface area (Å²) in [6.07, 6.45) is 0. The number of rotatable bonds is 6. The Balaban J connectivity index is 1.65. The summed E-state index contributed by atoms with van der Waals surface area (Å²) in [5.74, 6) is -0.521. The fourth-order valence-corrected chi connectivity index (χ4v) is 4.43. The van der Waals surface area contributed by atoms with Gasteiger partial charge in [0.25, 0.3) is 5.56 Å². The summed E-state index contributed by atoms with van der Waals surface area (Å²) in [4.78, 5) is 31.0. The topological polar surface area (TPSA) is 64.0 Å². The van der Waals surface area contributed by atoms with Gasteiger partial charge in [-0.25, -0.2) is 9.37 Å². The van der Waals surface area contributed by atoms with Crippen molar-refractivity contribution >= 4 is 28.6 Å². The number of aryl methyl sites for hydroxylation is 1. The molecule has 2 atom stereocenters. The van der Waals surface area contributed by atoms with E-state index in [1.54, 1.807) is 35.8 Å². The molecule has 7 heteroatoms. The highest BCUT2D eigenvalue weighted by Gasteiger charge is 2.22. The van der Waals surface area contributed by atoms with Crippen molar-refractivity contribution in [1.29, 1.82) is 0 Å². The summed E-state index contributed by atoms with van der Waals surface area (Å²) in [5, 5.41) is 3.40. The van der Waals surface area contributed by atoms with Crippen LogP contribution in [0.5, 0.6) is 0 Å². The first-order valence-corrected chi connectivity index (χ1v) is 11.5. The minimum Gasteiger partial charge on any atom is -0.349 e. The molecule has 0 bridgehead atoms. The van der Waals surface area contributed by atoms with Crippen molar-refractivity contribution in [3.05, 3.63) is 100 Å². The number of halogens is 1. The highest BCUT2D eigenvalue weighted by atomic mass is 32.2. The molecule has 168 valence electrons. The highest BCUT2D eigenvalue weighted by molar-refractivity contribution is 8.00. The Morgan fingerprint density at radius 2 is 1.67 bits per heavy atom. The monoisotopic (exact) mass is 461 g/mol. The Bertz CT molecular complexity index is 1350. The minimum absolute atomic E-state index is 0.181. The van der Waals surface area contributed by atoms with E-state index in [4.69, 9.17) is 4.98 Å². The largest absolute Gasteiger partial charge is 0.349 e. The molecule has 0 saturated heterocycles. The van der Waals surface area contributed by atoms with Gasteiger partial charge in [0.05, 0.1) is 27.9 Å². The van der Waals surface area contributed by atoms with Gasteiger partial charge in [-0.2, -0.15) is 0 Å². The van der Waals surface area contributed by atoms with E-state index < -0.39 is 5.25 Å². The molecule has 4 aromatic rings. The third-order valence-electron chi connectivity index (χ3n) is 5.42. The lowest BCUT2D eigenvalue weighted by Crippen LogP contribution is -2.33. The van der Waals surface area contributed by atoms with Crippen LogP contribution in [0.3, 0.4) is 0 Å². The SMILES string of the molecule is Cc1ccc(-n2c(SC(C)C(=O)NC(C)c3ccc(F)cc3)nc3ccccc3c2=O)cc1.